The van der Waals surface area contributed by atoms with Gasteiger partial charge in [-0.25, -0.2) is 4.98 Å². The monoisotopic (exact) mass is 283 g/mol. The third kappa shape index (κ3) is 2.85. The molecule has 3 aromatic rings. The van der Waals surface area contributed by atoms with Crippen LogP contribution < -0.4 is 5.32 Å². The first kappa shape index (κ1) is 13.9. The Kier molecular flexibility index (Phi) is 4.06. The maximum absolute atomic E-state index is 6.06. The first-order valence-corrected chi connectivity index (χ1v) is 7.49. The summed E-state index contributed by atoms with van der Waals surface area (Å²) >= 11 is 0. The van der Waals surface area contributed by atoms with Crippen LogP contribution in [-0.4, -0.2) is 16.1 Å². The number of fused-ring (bicyclic) bond motifs is 1. The van der Waals surface area contributed by atoms with Crippen LogP contribution in [0.4, 0.5) is 0 Å². The molecule has 0 aliphatic heterocycles. The first-order chi connectivity index (χ1) is 10.3. The second-order valence-electron chi connectivity index (χ2n) is 5.27. The van der Waals surface area contributed by atoms with Crippen LogP contribution in [0.3, 0.4) is 0 Å². The zero-order chi connectivity index (χ0) is 14.7. The summed E-state index contributed by atoms with van der Waals surface area (Å²) in [6.45, 7) is 6.13. The van der Waals surface area contributed by atoms with E-state index in [2.05, 4.69) is 40.8 Å². The number of aromatic nitrogens is 2. The van der Waals surface area contributed by atoms with E-state index >= 15 is 0 Å². The lowest BCUT2D eigenvalue weighted by atomic mass is 10.1. The first-order valence-electron chi connectivity index (χ1n) is 7.49. The van der Waals surface area contributed by atoms with Crippen LogP contribution in [0, 0.1) is 0 Å². The van der Waals surface area contributed by atoms with Gasteiger partial charge in [0.15, 0.2) is 0 Å². The summed E-state index contributed by atoms with van der Waals surface area (Å²) in [5.74, 6) is 1.06. The topological polar surface area (TPSA) is 43.0 Å². The van der Waals surface area contributed by atoms with E-state index in [-0.39, 0.29) is 6.04 Å². The molecule has 21 heavy (non-hydrogen) atoms. The minimum atomic E-state index is 0.205. The summed E-state index contributed by atoms with van der Waals surface area (Å²) in [7, 11) is 0. The van der Waals surface area contributed by atoms with Crippen molar-refractivity contribution in [3.63, 3.8) is 0 Å². The van der Waals surface area contributed by atoms with Gasteiger partial charge in [-0.2, -0.15) is 0 Å². The van der Waals surface area contributed by atoms with Gasteiger partial charge < -0.3 is 14.3 Å². The molecule has 1 atom stereocenters. The van der Waals surface area contributed by atoms with Crippen LogP contribution in [0.25, 0.3) is 11.0 Å². The molecule has 0 aliphatic rings. The van der Waals surface area contributed by atoms with Crippen molar-refractivity contribution in [3.8, 4) is 0 Å². The average Bonchev–Trinajstić information content (AvgIpc) is 3.13. The molecule has 0 spiro atoms. The van der Waals surface area contributed by atoms with Crippen molar-refractivity contribution in [2.24, 2.45) is 0 Å². The van der Waals surface area contributed by atoms with E-state index in [9.17, 15) is 0 Å². The molecule has 4 nitrogen and oxygen atoms in total. The molecule has 1 unspecified atom stereocenters. The molecule has 0 amide bonds. The summed E-state index contributed by atoms with van der Waals surface area (Å²) < 4.78 is 8.13. The van der Waals surface area contributed by atoms with E-state index < -0.39 is 0 Å². The Hall–Kier alpha value is -2.07. The smallest absolute Gasteiger partial charge is 0.134 e. The molecule has 0 aliphatic carbocycles. The Labute approximate surface area is 124 Å². The number of para-hydroxylation sites is 1. The molecule has 0 saturated carbocycles. The van der Waals surface area contributed by atoms with E-state index in [0.717, 1.165) is 30.9 Å². The highest BCUT2D eigenvalue weighted by Gasteiger charge is 2.17. The summed E-state index contributed by atoms with van der Waals surface area (Å²) in [5.41, 5.74) is 2.29. The zero-order valence-corrected chi connectivity index (χ0v) is 12.5. The van der Waals surface area contributed by atoms with Crippen LogP contribution in [0.15, 0.2) is 47.4 Å². The van der Waals surface area contributed by atoms with Crippen molar-refractivity contribution in [3.05, 3.63) is 54.3 Å². The lowest BCUT2D eigenvalue weighted by Crippen LogP contribution is -2.23. The summed E-state index contributed by atoms with van der Waals surface area (Å²) in [4.78, 5) is 4.05. The second kappa shape index (κ2) is 6.14. The van der Waals surface area contributed by atoms with E-state index in [4.69, 9.17) is 4.42 Å². The van der Waals surface area contributed by atoms with Crippen molar-refractivity contribution in [2.75, 3.05) is 6.54 Å². The molecule has 110 valence electrons. The van der Waals surface area contributed by atoms with Gasteiger partial charge in [0.25, 0.3) is 0 Å². The van der Waals surface area contributed by atoms with Crippen LogP contribution in [0.5, 0.6) is 0 Å². The van der Waals surface area contributed by atoms with E-state index in [1.165, 1.54) is 10.9 Å². The lowest BCUT2D eigenvalue weighted by molar-refractivity contribution is 0.437. The molecule has 1 aromatic carbocycles. The third-order valence-corrected chi connectivity index (χ3v) is 3.86. The number of rotatable bonds is 6. The standard InChI is InChI=1S/C17H21N3O/c1-3-14-15-6-4-5-7-16(15)21-17(14)13(2)19-9-11-20-10-8-18-12-20/h4-8,10,12-13,19H,3,9,11H2,1-2H3. The molecule has 0 fully saturated rings. The Morgan fingerprint density at radius 2 is 2.19 bits per heavy atom. The van der Waals surface area contributed by atoms with Crippen LogP contribution in [0.1, 0.15) is 31.2 Å². The average molecular weight is 283 g/mol. The molecular formula is C17H21N3O. The van der Waals surface area contributed by atoms with Crippen molar-refractivity contribution in [1.29, 1.82) is 0 Å². The molecule has 0 radical (unpaired) electrons. The molecule has 2 aromatic heterocycles. The fourth-order valence-corrected chi connectivity index (χ4v) is 2.75. The largest absolute Gasteiger partial charge is 0.459 e. The number of furan rings is 1. The summed E-state index contributed by atoms with van der Waals surface area (Å²) in [6.07, 6.45) is 6.60. The molecule has 0 saturated heterocycles. The number of nitrogens with one attached hydrogen (secondary N) is 1. The number of nitrogens with zero attached hydrogens (tertiary/aromatic N) is 2. The molecular weight excluding hydrogens is 262 g/mol. The zero-order valence-electron chi connectivity index (χ0n) is 12.5. The van der Waals surface area contributed by atoms with Gasteiger partial charge in [0, 0.05) is 36.4 Å². The normalized spacial score (nSPS) is 12.9. The van der Waals surface area contributed by atoms with E-state index in [0.29, 0.717) is 0 Å². The Morgan fingerprint density at radius 1 is 1.33 bits per heavy atom. The van der Waals surface area contributed by atoms with Crippen LogP contribution in [-0.2, 0) is 13.0 Å². The SMILES string of the molecule is CCc1c(C(C)NCCn2ccnc2)oc2ccccc12. The van der Waals surface area contributed by atoms with Gasteiger partial charge in [-0.05, 0) is 19.4 Å². The number of benzene rings is 1. The number of imidazole rings is 1. The highest BCUT2D eigenvalue weighted by Crippen LogP contribution is 2.30. The molecule has 2 heterocycles. The number of hydrogen-bond donors (Lipinski definition) is 1. The van der Waals surface area contributed by atoms with Gasteiger partial charge in [0.1, 0.15) is 11.3 Å². The second-order valence-corrected chi connectivity index (χ2v) is 5.27. The molecule has 3 rings (SSSR count). The Bertz CT molecular complexity index is 700. The van der Waals surface area contributed by atoms with Gasteiger partial charge in [-0.15, -0.1) is 0 Å². The van der Waals surface area contributed by atoms with Gasteiger partial charge in [-0.3, -0.25) is 0 Å². The number of aryl methyl sites for hydroxylation is 1. The van der Waals surface area contributed by atoms with E-state index in [1.807, 2.05) is 24.7 Å². The highest BCUT2D eigenvalue weighted by molar-refractivity contribution is 5.82. The predicted octanol–water partition coefficient (Wildman–Crippen LogP) is 3.54. The van der Waals surface area contributed by atoms with Gasteiger partial charge in [-0.1, -0.05) is 25.1 Å². The van der Waals surface area contributed by atoms with Gasteiger partial charge in [0.05, 0.1) is 12.4 Å². The van der Waals surface area contributed by atoms with Crippen molar-refractivity contribution in [1.82, 2.24) is 14.9 Å². The maximum atomic E-state index is 6.06. The summed E-state index contributed by atoms with van der Waals surface area (Å²) in [5, 5.41) is 4.77. The maximum Gasteiger partial charge on any atom is 0.134 e. The number of hydrogen-bond acceptors (Lipinski definition) is 3. The summed E-state index contributed by atoms with van der Waals surface area (Å²) in [6, 6.07) is 8.47. The van der Waals surface area contributed by atoms with E-state index in [1.54, 1.807) is 6.20 Å². The molecule has 1 N–H and O–H groups in total. The molecule has 4 heteroatoms. The minimum absolute atomic E-state index is 0.205. The predicted molar refractivity (Wildman–Crippen MR) is 84.2 cm³/mol. The Balaban J connectivity index is 1.73. The van der Waals surface area contributed by atoms with Crippen LogP contribution in [0.2, 0.25) is 0 Å². The van der Waals surface area contributed by atoms with Gasteiger partial charge in [0.2, 0.25) is 0 Å². The fraction of sp³-hybridized carbons (Fsp3) is 0.353. The quantitative estimate of drug-likeness (QED) is 0.752. The molecule has 0 bridgehead atoms. The fourth-order valence-electron chi connectivity index (χ4n) is 2.75. The van der Waals surface area contributed by atoms with Crippen molar-refractivity contribution < 1.29 is 4.42 Å². The van der Waals surface area contributed by atoms with Crippen molar-refractivity contribution in [2.45, 2.75) is 32.9 Å². The third-order valence-electron chi connectivity index (χ3n) is 3.86. The lowest BCUT2D eigenvalue weighted by Gasteiger charge is -2.13. The highest BCUT2D eigenvalue weighted by atomic mass is 16.3. The Morgan fingerprint density at radius 3 is 2.95 bits per heavy atom. The van der Waals surface area contributed by atoms with Gasteiger partial charge >= 0.3 is 0 Å². The van der Waals surface area contributed by atoms with Crippen molar-refractivity contribution >= 4 is 11.0 Å². The van der Waals surface area contributed by atoms with Crippen LogP contribution >= 0.6 is 0 Å². The minimum Gasteiger partial charge on any atom is -0.459 e.